The van der Waals surface area contributed by atoms with Gasteiger partial charge in [-0.05, 0) is 12.8 Å². The van der Waals surface area contributed by atoms with Crippen LogP contribution in [0.5, 0.6) is 0 Å². The van der Waals surface area contributed by atoms with E-state index in [1.54, 1.807) is 4.90 Å². The minimum atomic E-state index is -1.51. The second-order valence-corrected chi connectivity index (χ2v) is 6.74. The highest BCUT2D eigenvalue weighted by atomic mass is 19.2. The van der Waals surface area contributed by atoms with Crippen LogP contribution in [0.1, 0.15) is 34.8 Å². The summed E-state index contributed by atoms with van der Waals surface area (Å²) in [7, 11) is 0. The number of carboxylic acids is 1. The number of aromatic carboxylic acids is 1. The highest BCUT2D eigenvalue weighted by molar-refractivity contribution is 5.97. The molecule has 9 heteroatoms. The summed E-state index contributed by atoms with van der Waals surface area (Å²) in [5.74, 6) is -4.20. The van der Waals surface area contributed by atoms with Gasteiger partial charge < -0.3 is 19.9 Å². The Hall–Kier alpha value is -2.99. The van der Waals surface area contributed by atoms with Crippen molar-refractivity contribution in [2.24, 2.45) is 0 Å². The van der Waals surface area contributed by atoms with Crippen LogP contribution in [0.25, 0.3) is 10.9 Å². The van der Waals surface area contributed by atoms with Crippen molar-refractivity contribution in [3.05, 3.63) is 39.2 Å². The largest absolute Gasteiger partial charge is 0.477 e. The van der Waals surface area contributed by atoms with Gasteiger partial charge in [-0.2, -0.15) is 5.26 Å². The van der Waals surface area contributed by atoms with Gasteiger partial charge in [0.15, 0.2) is 11.6 Å². The molecule has 0 unspecified atom stereocenters. The number of hydrogen-bond donors (Lipinski definition) is 2. The van der Waals surface area contributed by atoms with E-state index in [0.29, 0.717) is 39.0 Å². The van der Waals surface area contributed by atoms with Crippen LogP contribution < -0.4 is 15.6 Å². The monoisotopic (exact) mass is 374 g/mol. The number of pyridine rings is 1. The maximum atomic E-state index is 15.0. The second kappa shape index (κ2) is 6.32. The lowest BCUT2D eigenvalue weighted by Gasteiger charge is -2.31. The molecule has 1 aromatic carbocycles. The number of nitrogens with zero attached hydrogens (tertiary/aromatic N) is 3. The van der Waals surface area contributed by atoms with Crippen molar-refractivity contribution < 1.29 is 18.7 Å². The van der Waals surface area contributed by atoms with Crippen molar-refractivity contribution in [3.63, 3.8) is 0 Å². The average molecular weight is 374 g/mol. The highest BCUT2D eigenvalue weighted by Crippen LogP contribution is 2.41. The average Bonchev–Trinajstić information content (AvgIpc) is 3.49. The third-order valence-electron chi connectivity index (χ3n) is 5.04. The van der Waals surface area contributed by atoms with Crippen molar-refractivity contribution in [2.45, 2.75) is 18.9 Å². The Kier molecular flexibility index (Phi) is 4.08. The smallest absolute Gasteiger partial charge is 0.341 e. The van der Waals surface area contributed by atoms with E-state index >= 15 is 0 Å². The Labute approximate surface area is 152 Å². The van der Waals surface area contributed by atoms with Crippen LogP contribution in [0.4, 0.5) is 14.5 Å². The first-order chi connectivity index (χ1) is 13.0. The fourth-order valence-corrected chi connectivity index (χ4v) is 3.61. The molecule has 2 aliphatic rings. The van der Waals surface area contributed by atoms with Crippen molar-refractivity contribution in [2.75, 3.05) is 31.1 Å². The first-order valence-corrected chi connectivity index (χ1v) is 8.64. The van der Waals surface area contributed by atoms with E-state index in [-0.39, 0.29) is 22.8 Å². The first-order valence-electron chi connectivity index (χ1n) is 8.64. The molecule has 7 nitrogen and oxygen atoms in total. The van der Waals surface area contributed by atoms with E-state index in [0.717, 1.165) is 6.20 Å². The lowest BCUT2D eigenvalue weighted by atomic mass is 10.0. The molecular weight excluding hydrogens is 358 g/mol. The summed E-state index contributed by atoms with van der Waals surface area (Å²) >= 11 is 0. The van der Waals surface area contributed by atoms with Crippen molar-refractivity contribution in [1.82, 2.24) is 9.88 Å². The number of rotatable bonds is 3. The Morgan fingerprint density at radius 2 is 1.93 bits per heavy atom. The first kappa shape index (κ1) is 17.4. The number of halogens is 2. The maximum absolute atomic E-state index is 15.0. The van der Waals surface area contributed by atoms with Gasteiger partial charge in [0, 0.05) is 38.4 Å². The SMILES string of the molecule is N#Cc1c(N2CCNCC2)c(F)c(F)c2c(=O)c(C(=O)O)cn(C3CC3)c12. The summed E-state index contributed by atoms with van der Waals surface area (Å²) in [5, 5.41) is 21.5. The third kappa shape index (κ3) is 2.64. The standard InChI is InChI=1S/C18H16F2N4O3/c19-13-12-15(24(9-1-2-9)8-11(17(12)25)18(26)27)10(7-21)16(14(13)20)23-5-3-22-4-6-23/h8-9,22H,1-6H2,(H,26,27). The number of nitrogens with one attached hydrogen (secondary N) is 1. The topological polar surface area (TPSA) is 98.4 Å². The molecule has 1 aromatic heterocycles. The lowest BCUT2D eigenvalue weighted by molar-refractivity contribution is 0.0695. The fourth-order valence-electron chi connectivity index (χ4n) is 3.61. The number of aromatic nitrogens is 1. The van der Waals surface area contributed by atoms with Gasteiger partial charge in [0.1, 0.15) is 17.2 Å². The number of carboxylic acid groups (broad SMARTS) is 1. The zero-order valence-corrected chi connectivity index (χ0v) is 14.3. The molecule has 0 atom stereocenters. The quantitative estimate of drug-likeness (QED) is 0.847. The second-order valence-electron chi connectivity index (χ2n) is 6.74. The number of anilines is 1. The zero-order valence-electron chi connectivity index (χ0n) is 14.3. The van der Waals surface area contributed by atoms with E-state index in [4.69, 9.17) is 0 Å². The Balaban J connectivity index is 2.14. The van der Waals surface area contributed by atoms with Crippen LogP contribution in [0, 0.1) is 23.0 Å². The number of piperazine rings is 1. The molecule has 2 fully saturated rings. The molecule has 0 amide bonds. The number of fused-ring (bicyclic) bond motifs is 1. The van der Waals surface area contributed by atoms with Gasteiger partial charge in [-0.25, -0.2) is 13.6 Å². The third-order valence-corrected chi connectivity index (χ3v) is 5.04. The Morgan fingerprint density at radius 3 is 2.48 bits per heavy atom. The normalized spacial score (nSPS) is 17.1. The molecule has 2 aromatic rings. The molecule has 1 saturated heterocycles. The lowest BCUT2D eigenvalue weighted by Crippen LogP contribution is -2.44. The van der Waals surface area contributed by atoms with Gasteiger partial charge >= 0.3 is 5.97 Å². The number of nitriles is 1. The molecule has 1 aliphatic heterocycles. The molecule has 1 saturated carbocycles. The Morgan fingerprint density at radius 1 is 1.26 bits per heavy atom. The zero-order chi connectivity index (χ0) is 19.3. The fraction of sp³-hybridized carbons (Fsp3) is 0.389. The summed E-state index contributed by atoms with van der Waals surface area (Å²) < 4.78 is 31.4. The van der Waals surface area contributed by atoms with E-state index in [1.807, 2.05) is 6.07 Å². The van der Waals surface area contributed by atoms with Crippen LogP contribution in [0.2, 0.25) is 0 Å². The van der Waals surface area contributed by atoms with Gasteiger partial charge in [-0.3, -0.25) is 4.79 Å². The molecular formula is C18H16F2N4O3. The van der Waals surface area contributed by atoms with Crippen LogP contribution in [0.3, 0.4) is 0 Å². The summed E-state index contributed by atoms with van der Waals surface area (Å²) in [6.07, 6.45) is 2.57. The van der Waals surface area contributed by atoms with Crippen LogP contribution in [0.15, 0.2) is 11.0 Å². The van der Waals surface area contributed by atoms with Gasteiger partial charge in [0.2, 0.25) is 5.43 Å². The number of hydrogen-bond acceptors (Lipinski definition) is 5. The molecule has 0 bridgehead atoms. The van der Waals surface area contributed by atoms with Gasteiger partial charge in [0.05, 0.1) is 16.6 Å². The molecule has 4 rings (SSSR count). The Bertz CT molecular complexity index is 1060. The van der Waals surface area contributed by atoms with Gasteiger partial charge in [-0.15, -0.1) is 0 Å². The molecule has 1 aliphatic carbocycles. The summed E-state index contributed by atoms with van der Waals surface area (Å²) in [6, 6.07) is 1.79. The number of carbonyl (C=O) groups is 1. The van der Waals surface area contributed by atoms with Crippen molar-refractivity contribution >= 4 is 22.6 Å². The molecule has 140 valence electrons. The van der Waals surface area contributed by atoms with Crippen molar-refractivity contribution in [1.29, 1.82) is 5.26 Å². The van der Waals surface area contributed by atoms with E-state index in [2.05, 4.69) is 5.32 Å². The molecule has 0 spiro atoms. The van der Waals surface area contributed by atoms with Crippen LogP contribution in [-0.4, -0.2) is 41.8 Å². The number of benzene rings is 1. The van der Waals surface area contributed by atoms with E-state index < -0.39 is 34.0 Å². The molecule has 27 heavy (non-hydrogen) atoms. The van der Waals surface area contributed by atoms with Crippen LogP contribution >= 0.6 is 0 Å². The predicted octanol–water partition coefficient (Wildman–Crippen LogP) is 1.59. The molecule has 2 N–H and O–H groups in total. The van der Waals surface area contributed by atoms with Crippen molar-refractivity contribution in [3.8, 4) is 6.07 Å². The predicted molar refractivity (Wildman–Crippen MR) is 93.2 cm³/mol. The van der Waals surface area contributed by atoms with E-state index in [1.165, 1.54) is 4.57 Å². The summed E-state index contributed by atoms with van der Waals surface area (Å²) in [6.45, 7) is 1.88. The van der Waals surface area contributed by atoms with E-state index in [9.17, 15) is 28.7 Å². The molecule has 0 radical (unpaired) electrons. The van der Waals surface area contributed by atoms with Crippen LogP contribution in [-0.2, 0) is 0 Å². The summed E-state index contributed by atoms with van der Waals surface area (Å²) in [5.41, 5.74) is -2.07. The molecule has 2 heterocycles. The minimum Gasteiger partial charge on any atom is -0.477 e. The maximum Gasteiger partial charge on any atom is 0.341 e. The minimum absolute atomic E-state index is 0.0255. The summed E-state index contributed by atoms with van der Waals surface area (Å²) in [4.78, 5) is 25.6. The van der Waals surface area contributed by atoms with Gasteiger partial charge in [0.25, 0.3) is 0 Å². The van der Waals surface area contributed by atoms with Gasteiger partial charge in [-0.1, -0.05) is 0 Å². The highest BCUT2D eigenvalue weighted by Gasteiger charge is 2.33.